The van der Waals surface area contributed by atoms with E-state index in [0.29, 0.717) is 18.9 Å². The molecule has 1 aliphatic rings. The van der Waals surface area contributed by atoms with E-state index in [0.717, 1.165) is 18.8 Å². The Bertz CT molecular complexity index is 438. The fourth-order valence-electron chi connectivity index (χ4n) is 2.61. The molecule has 5 heteroatoms. The van der Waals surface area contributed by atoms with Gasteiger partial charge in [-0.05, 0) is 26.1 Å². The summed E-state index contributed by atoms with van der Waals surface area (Å²) in [5, 5.41) is 4.40. The molecular weight excluding hydrogens is 240 g/mol. The number of fused-ring (bicyclic) bond motifs is 1. The Labute approximate surface area is 115 Å². The largest absolute Gasteiger partial charge is 0.335 e. The van der Waals surface area contributed by atoms with Gasteiger partial charge in [0.2, 0.25) is 5.91 Å². The third kappa shape index (κ3) is 3.35. The van der Waals surface area contributed by atoms with Crippen molar-refractivity contribution in [1.82, 2.24) is 19.6 Å². The quantitative estimate of drug-likeness (QED) is 0.825. The molecule has 1 atom stereocenters. The highest BCUT2D eigenvalue weighted by Gasteiger charge is 2.28. The van der Waals surface area contributed by atoms with Crippen LogP contribution in [-0.2, 0) is 11.3 Å². The van der Waals surface area contributed by atoms with Gasteiger partial charge in [0.25, 0.3) is 0 Å². The van der Waals surface area contributed by atoms with E-state index in [1.807, 2.05) is 17.2 Å². The number of aromatic nitrogens is 2. The highest BCUT2D eigenvalue weighted by Crippen LogP contribution is 2.22. The molecule has 0 aliphatic carbocycles. The Morgan fingerprint density at radius 1 is 1.53 bits per heavy atom. The maximum Gasteiger partial charge on any atom is 0.223 e. The molecule has 0 aromatic carbocycles. The number of amides is 1. The lowest BCUT2D eigenvalue weighted by molar-refractivity contribution is -0.134. The van der Waals surface area contributed by atoms with Gasteiger partial charge in [-0.25, -0.2) is 0 Å². The first kappa shape index (κ1) is 14.1. The van der Waals surface area contributed by atoms with Gasteiger partial charge in [-0.2, -0.15) is 5.10 Å². The number of hydrogen-bond acceptors (Lipinski definition) is 3. The van der Waals surface area contributed by atoms with E-state index < -0.39 is 0 Å². The predicted octanol–water partition coefficient (Wildman–Crippen LogP) is 1.37. The molecule has 2 rings (SSSR count). The Morgan fingerprint density at radius 2 is 2.26 bits per heavy atom. The van der Waals surface area contributed by atoms with Crippen LogP contribution >= 0.6 is 0 Å². The molecule has 1 aromatic heterocycles. The summed E-state index contributed by atoms with van der Waals surface area (Å²) in [5.41, 5.74) is 1.13. The predicted molar refractivity (Wildman–Crippen MR) is 74.7 cm³/mol. The van der Waals surface area contributed by atoms with Gasteiger partial charge in [0.15, 0.2) is 0 Å². The van der Waals surface area contributed by atoms with Crippen LogP contribution in [0.1, 0.15) is 32.0 Å². The van der Waals surface area contributed by atoms with Crippen molar-refractivity contribution in [2.75, 3.05) is 27.2 Å². The lowest BCUT2D eigenvalue weighted by Gasteiger charge is -2.35. The summed E-state index contributed by atoms with van der Waals surface area (Å²) >= 11 is 0. The molecule has 0 spiro atoms. The second-order valence-electron chi connectivity index (χ2n) is 6.06. The molecule has 0 saturated heterocycles. The van der Waals surface area contributed by atoms with Crippen molar-refractivity contribution in [2.24, 2.45) is 5.92 Å². The third-order valence-electron chi connectivity index (χ3n) is 3.39. The minimum atomic E-state index is 0.255. The van der Waals surface area contributed by atoms with E-state index in [1.165, 1.54) is 0 Å². The second kappa shape index (κ2) is 5.74. The number of nitrogens with zero attached hydrogens (tertiary/aromatic N) is 4. The van der Waals surface area contributed by atoms with Crippen molar-refractivity contribution in [3.63, 3.8) is 0 Å². The number of carbonyl (C=O) groups excluding carboxylic acids is 1. The summed E-state index contributed by atoms with van der Waals surface area (Å²) in [5.74, 6) is 0.665. The zero-order valence-corrected chi connectivity index (χ0v) is 12.3. The normalized spacial score (nSPS) is 19.1. The first-order valence-corrected chi connectivity index (χ1v) is 6.92. The van der Waals surface area contributed by atoms with E-state index in [-0.39, 0.29) is 11.9 Å². The molecule has 1 aliphatic heterocycles. The van der Waals surface area contributed by atoms with Crippen LogP contribution in [0.15, 0.2) is 12.3 Å². The summed E-state index contributed by atoms with van der Waals surface area (Å²) < 4.78 is 2.07. The molecule has 1 amide bonds. The fraction of sp³-hybridized carbons (Fsp3) is 0.714. The zero-order chi connectivity index (χ0) is 14.0. The lowest BCUT2D eigenvalue weighted by Crippen LogP contribution is -2.44. The molecular formula is C14H24N4O. The van der Waals surface area contributed by atoms with Crippen LogP contribution in [0.2, 0.25) is 0 Å². The minimum Gasteiger partial charge on any atom is -0.335 e. The van der Waals surface area contributed by atoms with Gasteiger partial charge < -0.3 is 9.80 Å². The van der Waals surface area contributed by atoms with E-state index in [2.05, 4.69) is 42.6 Å². The van der Waals surface area contributed by atoms with Crippen molar-refractivity contribution in [2.45, 2.75) is 32.9 Å². The van der Waals surface area contributed by atoms with Crippen molar-refractivity contribution in [3.8, 4) is 0 Å². The number of rotatable bonds is 4. The van der Waals surface area contributed by atoms with Crippen LogP contribution in [0.25, 0.3) is 0 Å². The second-order valence-corrected chi connectivity index (χ2v) is 6.06. The molecule has 2 heterocycles. The molecule has 0 saturated carbocycles. The number of likely N-dealkylation sites (N-methyl/N-ethyl adjacent to an activating group) is 1. The summed E-state index contributed by atoms with van der Waals surface area (Å²) in [4.78, 5) is 16.4. The van der Waals surface area contributed by atoms with Crippen LogP contribution in [0.5, 0.6) is 0 Å². The average Bonchev–Trinajstić information content (AvgIpc) is 2.75. The van der Waals surface area contributed by atoms with Gasteiger partial charge in [-0.15, -0.1) is 0 Å². The Kier molecular flexibility index (Phi) is 4.24. The Balaban J connectivity index is 2.13. The maximum atomic E-state index is 12.3. The fourth-order valence-corrected chi connectivity index (χ4v) is 2.61. The first-order valence-electron chi connectivity index (χ1n) is 6.92. The van der Waals surface area contributed by atoms with E-state index >= 15 is 0 Å². The van der Waals surface area contributed by atoms with Gasteiger partial charge in [0, 0.05) is 25.7 Å². The molecule has 5 nitrogen and oxygen atoms in total. The highest BCUT2D eigenvalue weighted by atomic mass is 16.2. The molecule has 0 fully saturated rings. The molecule has 0 N–H and O–H groups in total. The minimum absolute atomic E-state index is 0.255. The topological polar surface area (TPSA) is 41.4 Å². The van der Waals surface area contributed by atoms with Crippen LogP contribution < -0.4 is 0 Å². The van der Waals surface area contributed by atoms with E-state index in [4.69, 9.17) is 0 Å². The lowest BCUT2D eigenvalue weighted by atomic mass is 10.1. The van der Waals surface area contributed by atoms with Crippen LogP contribution in [0.4, 0.5) is 0 Å². The average molecular weight is 264 g/mol. The Hall–Kier alpha value is -1.36. The van der Waals surface area contributed by atoms with Crippen LogP contribution in [-0.4, -0.2) is 52.7 Å². The van der Waals surface area contributed by atoms with Crippen molar-refractivity contribution in [1.29, 1.82) is 0 Å². The van der Waals surface area contributed by atoms with Crippen molar-refractivity contribution in [3.05, 3.63) is 18.0 Å². The summed E-state index contributed by atoms with van der Waals surface area (Å²) in [6.45, 7) is 6.53. The van der Waals surface area contributed by atoms with Gasteiger partial charge in [0.05, 0.1) is 18.3 Å². The molecule has 1 aromatic rings. The smallest absolute Gasteiger partial charge is 0.223 e. The van der Waals surface area contributed by atoms with Crippen LogP contribution in [0.3, 0.4) is 0 Å². The summed E-state index contributed by atoms with van der Waals surface area (Å²) in [6.07, 6.45) is 2.46. The van der Waals surface area contributed by atoms with Gasteiger partial charge in [-0.1, -0.05) is 13.8 Å². The molecule has 19 heavy (non-hydrogen) atoms. The number of hydrogen-bond donors (Lipinski definition) is 0. The van der Waals surface area contributed by atoms with E-state index in [1.54, 1.807) is 0 Å². The molecule has 0 bridgehead atoms. The SMILES string of the molecule is CC(C)CC(=O)N1Cc2ccnn2C(CN(C)C)C1. The summed E-state index contributed by atoms with van der Waals surface area (Å²) in [6, 6.07) is 2.27. The third-order valence-corrected chi connectivity index (χ3v) is 3.39. The standard InChI is InChI=1S/C14H24N4O/c1-11(2)7-14(19)17-9-12-5-6-15-18(12)13(10-17)8-16(3)4/h5-6,11,13H,7-10H2,1-4H3. The van der Waals surface area contributed by atoms with Gasteiger partial charge >= 0.3 is 0 Å². The number of carbonyl (C=O) groups is 1. The molecule has 0 radical (unpaired) electrons. The maximum absolute atomic E-state index is 12.3. The van der Waals surface area contributed by atoms with Crippen LogP contribution in [0, 0.1) is 5.92 Å². The van der Waals surface area contributed by atoms with Crippen molar-refractivity contribution >= 4 is 5.91 Å². The zero-order valence-electron chi connectivity index (χ0n) is 12.3. The first-order chi connectivity index (χ1) is 8.97. The van der Waals surface area contributed by atoms with E-state index in [9.17, 15) is 4.79 Å². The Morgan fingerprint density at radius 3 is 2.89 bits per heavy atom. The summed E-state index contributed by atoms with van der Waals surface area (Å²) in [7, 11) is 4.11. The van der Waals surface area contributed by atoms with Gasteiger partial charge in [-0.3, -0.25) is 9.48 Å². The molecule has 1 unspecified atom stereocenters. The van der Waals surface area contributed by atoms with Gasteiger partial charge in [0.1, 0.15) is 0 Å². The van der Waals surface area contributed by atoms with Crippen molar-refractivity contribution < 1.29 is 4.79 Å². The monoisotopic (exact) mass is 264 g/mol. The highest BCUT2D eigenvalue weighted by molar-refractivity contribution is 5.76. The molecule has 106 valence electrons.